The summed E-state index contributed by atoms with van der Waals surface area (Å²) < 4.78 is 5.65. The molecule has 0 bridgehead atoms. The number of alkyl halides is 1. The fourth-order valence-corrected chi connectivity index (χ4v) is 1.57. The Hall–Kier alpha value is -0.960. The van der Waals surface area contributed by atoms with E-state index in [4.69, 9.17) is 16.3 Å². The molecule has 4 heteroatoms. The van der Waals surface area contributed by atoms with E-state index in [1.807, 2.05) is 12.1 Å². The van der Waals surface area contributed by atoms with Crippen LogP contribution in [0.4, 0.5) is 5.82 Å². The summed E-state index contributed by atoms with van der Waals surface area (Å²) in [6, 6.07) is 3.80. The smallest absolute Gasteiger partial charge is 0.169 e. The van der Waals surface area contributed by atoms with Crippen LogP contribution < -0.4 is 10.1 Å². The number of hydrogen-bond acceptors (Lipinski definition) is 3. The van der Waals surface area contributed by atoms with Crippen LogP contribution >= 0.6 is 11.6 Å². The predicted octanol–water partition coefficient (Wildman–Crippen LogP) is 3.69. The van der Waals surface area contributed by atoms with Crippen LogP contribution in [0.3, 0.4) is 0 Å². The molecule has 17 heavy (non-hydrogen) atoms. The van der Waals surface area contributed by atoms with Crippen molar-refractivity contribution < 1.29 is 4.74 Å². The van der Waals surface area contributed by atoms with Gasteiger partial charge in [0.1, 0.15) is 0 Å². The highest BCUT2D eigenvalue weighted by Gasteiger charge is 2.22. The first-order chi connectivity index (χ1) is 8.15. The highest BCUT2D eigenvalue weighted by Crippen LogP contribution is 2.26. The van der Waals surface area contributed by atoms with Gasteiger partial charge in [-0.1, -0.05) is 13.8 Å². The van der Waals surface area contributed by atoms with E-state index in [9.17, 15) is 0 Å². The number of halogens is 1. The van der Waals surface area contributed by atoms with Crippen molar-refractivity contribution in [1.29, 1.82) is 0 Å². The van der Waals surface area contributed by atoms with E-state index in [0.717, 1.165) is 24.4 Å². The summed E-state index contributed by atoms with van der Waals surface area (Å²) >= 11 is 5.98. The molecule has 3 nitrogen and oxygen atoms in total. The average Bonchev–Trinajstić information content (AvgIpc) is 2.37. The van der Waals surface area contributed by atoms with Crippen molar-refractivity contribution in [2.24, 2.45) is 0 Å². The third-order valence-corrected chi connectivity index (χ3v) is 3.32. The lowest BCUT2D eigenvalue weighted by Gasteiger charge is -2.28. The molecule has 0 saturated heterocycles. The lowest BCUT2D eigenvalue weighted by molar-refractivity contribution is 0.317. The highest BCUT2D eigenvalue weighted by atomic mass is 35.5. The zero-order valence-corrected chi connectivity index (χ0v) is 11.5. The van der Waals surface area contributed by atoms with Crippen molar-refractivity contribution >= 4 is 17.4 Å². The van der Waals surface area contributed by atoms with E-state index in [-0.39, 0.29) is 5.54 Å². The summed E-state index contributed by atoms with van der Waals surface area (Å²) in [5.74, 6) is 2.10. The lowest BCUT2D eigenvalue weighted by Crippen LogP contribution is -2.36. The number of pyridine rings is 1. The number of rotatable bonds is 7. The van der Waals surface area contributed by atoms with Gasteiger partial charge in [0.2, 0.25) is 0 Å². The van der Waals surface area contributed by atoms with Crippen molar-refractivity contribution in [3.05, 3.63) is 18.3 Å². The van der Waals surface area contributed by atoms with Gasteiger partial charge in [-0.2, -0.15) is 0 Å². The van der Waals surface area contributed by atoms with E-state index >= 15 is 0 Å². The number of nitrogens with zero attached hydrogens (tertiary/aromatic N) is 1. The first kappa shape index (κ1) is 14.1. The van der Waals surface area contributed by atoms with Crippen LogP contribution in [0.2, 0.25) is 0 Å². The Morgan fingerprint density at radius 3 is 2.82 bits per heavy atom. The monoisotopic (exact) mass is 256 g/mol. The van der Waals surface area contributed by atoms with Gasteiger partial charge in [0, 0.05) is 17.6 Å². The standard InChI is InChI=1S/C13H21ClN2O/c1-4-9-17-11-7-6-8-15-12(11)16-13(3,5-2)10-14/h6-8H,4-5,9-10H2,1-3H3,(H,15,16). The topological polar surface area (TPSA) is 34.1 Å². The maximum atomic E-state index is 5.98. The number of aromatic nitrogens is 1. The first-order valence-corrected chi connectivity index (χ1v) is 6.60. The zero-order valence-electron chi connectivity index (χ0n) is 10.8. The average molecular weight is 257 g/mol. The van der Waals surface area contributed by atoms with Crippen molar-refractivity contribution in [1.82, 2.24) is 4.98 Å². The number of anilines is 1. The summed E-state index contributed by atoms with van der Waals surface area (Å²) in [5, 5.41) is 3.36. The van der Waals surface area contributed by atoms with E-state index in [1.165, 1.54) is 0 Å². The minimum absolute atomic E-state index is 0.153. The van der Waals surface area contributed by atoms with Crippen molar-refractivity contribution in [2.75, 3.05) is 17.8 Å². The quantitative estimate of drug-likeness (QED) is 0.756. The lowest BCUT2D eigenvalue weighted by atomic mass is 10.0. The van der Waals surface area contributed by atoms with Gasteiger partial charge in [-0.25, -0.2) is 4.98 Å². The van der Waals surface area contributed by atoms with Gasteiger partial charge in [-0.05, 0) is 31.9 Å². The fourth-order valence-electron chi connectivity index (χ4n) is 1.32. The van der Waals surface area contributed by atoms with E-state index in [1.54, 1.807) is 6.20 Å². The molecule has 1 N–H and O–H groups in total. The van der Waals surface area contributed by atoms with Crippen LogP contribution in [-0.4, -0.2) is 23.0 Å². The molecule has 1 heterocycles. The van der Waals surface area contributed by atoms with Crippen molar-refractivity contribution in [3.8, 4) is 5.75 Å². The Morgan fingerprint density at radius 1 is 1.47 bits per heavy atom. The molecule has 0 aliphatic rings. The highest BCUT2D eigenvalue weighted by molar-refractivity contribution is 6.18. The predicted molar refractivity (Wildman–Crippen MR) is 73.1 cm³/mol. The summed E-state index contributed by atoms with van der Waals surface area (Å²) in [7, 11) is 0. The largest absolute Gasteiger partial charge is 0.490 e. The SMILES string of the molecule is CCCOc1cccnc1NC(C)(CC)CCl. The molecule has 1 rings (SSSR count). The van der Waals surface area contributed by atoms with Crippen LogP contribution in [0.25, 0.3) is 0 Å². The molecule has 0 aliphatic carbocycles. The van der Waals surface area contributed by atoms with Crippen LogP contribution in [0.5, 0.6) is 5.75 Å². The molecule has 0 amide bonds. The third kappa shape index (κ3) is 4.08. The Bertz CT molecular complexity index is 340. The van der Waals surface area contributed by atoms with Gasteiger partial charge in [-0.3, -0.25) is 0 Å². The second-order valence-corrected chi connectivity index (χ2v) is 4.64. The van der Waals surface area contributed by atoms with E-state index in [2.05, 4.69) is 31.1 Å². The van der Waals surface area contributed by atoms with Crippen LogP contribution in [-0.2, 0) is 0 Å². The summed E-state index contributed by atoms with van der Waals surface area (Å²) in [4.78, 5) is 4.32. The molecule has 0 saturated carbocycles. The van der Waals surface area contributed by atoms with E-state index < -0.39 is 0 Å². The minimum atomic E-state index is -0.153. The second-order valence-electron chi connectivity index (χ2n) is 4.37. The number of hydrogen-bond donors (Lipinski definition) is 1. The molecule has 1 atom stereocenters. The van der Waals surface area contributed by atoms with Crippen molar-refractivity contribution in [2.45, 2.75) is 39.2 Å². The second kappa shape index (κ2) is 6.70. The Balaban J connectivity index is 2.82. The zero-order chi connectivity index (χ0) is 12.7. The fraction of sp³-hybridized carbons (Fsp3) is 0.615. The minimum Gasteiger partial charge on any atom is -0.490 e. The summed E-state index contributed by atoms with van der Waals surface area (Å²) in [6.45, 7) is 6.96. The van der Waals surface area contributed by atoms with Gasteiger partial charge in [0.25, 0.3) is 0 Å². The van der Waals surface area contributed by atoms with Crippen LogP contribution in [0, 0.1) is 0 Å². The van der Waals surface area contributed by atoms with Crippen LogP contribution in [0.1, 0.15) is 33.6 Å². The molecular weight excluding hydrogens is 236 g/mol. The number of nitrogens with one attached hydrogen (secondary N) is 1. The Kier molecular flexibility index (Phi) is 5.56. The molecule has 1 aromatic rings. The van der Waals surface area contributed by atoms with Crippen molar-refractivity contribution in [3.63, 3.8) is 0 Å². The molecule has 96 valence electrons. The molecule has 0 aliphatic heterocycles. The Morgan fingerprint density at radius 2 is 2.24 bits per heavy atom. The maximum absolute atomic E-state index is 5.98. The molecule has 0 radical (unpaired) electrons. The maximum Gasteiger partial charge on any atom is 0.169 e. The van der Waals surface area contributed by atoms with Gasteiger partial charge in [0.05, 0.1) is 6.61 Å². The van der Waals surface area contributed by atoms with E-state index in [0.29, 0.717) is 12.5 Å². The van der Waals surface area contributed by atoms with Gasteiger partial charge >= 0.3 is 0 Å². The molecule has 0 spiro atoms. The van der Waals surface area contributed by atoms with Gasteiger partial charge < -0.3 is 10.1 Å². The molecule has 1 unspecified atom stereocenters. The van der Waals surface area contributed by atoms with Gasteiger partial charge in [-0.15, -0.1) is 11.6 Å². The molecule has 0 fully saturated rings. The summed E-state index contributed by atoms with van der Waals surface area (Å²) in [6.07, 6.45) is 3.67. The van der Waals surface area contributed by atoms with Gasteiger partial charge in [0.15, 0.2) is 11.6 Å². The first-order valence-electron chi connectivity index (χ1n) is 6.07. The Labute approximate surface area is 109 Å². The molecule has 0 aromatic carbocycles. The van der Waals surface area contributed by atoms with Crippen LogP contribution in [0.15, 0.2) is 18.3 Å². The molecule has 1 aromatic heterocycles. The normalized spacial score (nSPS) is 14.1. The number of ether oxygens (including phenoxy) is 1. The summed E-state index contributed by atoms with van der Waals surface area (Å²) in [5.41, 5.74) is -0.153. The molecular formula is C13H21ClN2O. The third-order valence-electron chi connectivity index (χ3n) is 2.73.